The fourth-order valence-electron chi connectivity index (χ4n) is 3.24. The fraction of sp³-hybridized carbons (Fsp3) is 0.611. The van der Waals surface area contributed by atoms with E-state index in [0.29, 0.717) is 18.9 Å². The lowest BCUT2D eigenvalue weighted by Crippen LogP contribution is -2.40. The lowest BCUT2D eigenvalue weighted by Gasteiger charge is -2.29. The first-order valence-corrected chi connectivity index (χ1v) is 8.40. The standard InChI is InChI=1S/C18H24F3NO2/c1-12(22-16-10-6-14(7-11-16)17(23)24)2-3-13-4-8-15(9-5-13)18(19,20)21/h4-5,8-9,12,14,16,22H,2-3,6-7,10-11H2,1H3,(H,23,24). The summed E-state index contributed by atoms with van der Waals surface area (Å²) in [4.78, 5) is 10.9. The third-order valence-corrected chi connectivity index (χ3v) is 4.74. The number of alkyl halides is 3. The molecular weight excluding hydrogens is 319 g/mol. The number of halogens is 3. The minimum absolute atomic E-state index is 0.217. The summed E-state index contributed by atoms with van der Waals surface area (Å²) >= 11 is 0. The molecule has 0 saturated heterocycles. The van der Waals surface area contributed by atoms with Crippen molar-refractivity contribution < 1.29 is 23.1 Å². The van der Waals surface area contributed by atoms with E-state index >= 15 is 0 Å². The lowest BCUT2D eigenvalue weighted by molar-refractivity contribution is -0.143. The molecule has 0 aromatic heterocycles. The molecule has 0 radical (unpaired) electrons. The minimum atomic E-state index is -4.29. The van der Waals surface area contributed by atoms with Crippen LogP contribution in [0, 0.1) is 5.92 Å². The molecule has 0 amide bonds. The van der Waals surface area contributed by atoms with Gasteiger partial charge in [0.1, 0.15) is 0 Å². The van der Waals surface area contributed by atoms with Crippen LogP contribution in [0.1, 0.15) is 50.2 Å². The van der Waals surface area contributed by atoms with Crippen LogP contribution in [0.4, 0.5) is 13.2 Å². The van der Waals surface area contributed by atoms with E-state index in [1.807, 2.05) is 0 Å². The Morgan fingerprint density at radius 2 is 1.79 bits per heavy atom. The van der Waals surface area contributed by atoms with E-state index < -0.39 is 17.7 Å². The maximum atomic E-state index is 12.5. The maximum Gasteiger partial charge on any atom is 0.416 e. The van der Waals surface area contributed by atoms with Gasteiger partial charge in [-0.3, -0.25) is 4.79 Å². The van der Waals surface area contributed by atoms with Crippen molar-refractivity contribution in [1.29, 1.82) is 0 Å². The zero-order chi connectivity index (χ0) is 17.7. The monoisotopic (exact) mass is 343 g/mol. The highest BCUT2D eigenvalue weighted by Crippen LogP contribution is 2.29. The van der Waals surface area contributed by atoms with Gasteiger partial charge >= 0.3 is 12.1 Å². The molecule has 1 fully saturated rings. The molecule has 1 saturated carbocycles. The molecule has 24 heavy (non-hydrogen) atoms. The van der Waals surface area contributed by atoms with Crippen LogP contribution in [0.3, 0.4) is 0 Å². The Morgan fingerprint density at radius 1 is 1.21 bits per heavy atom. The number of aryl methyl sites for hydroxylation is 1. The predicted octanol–water partition coefficient (Wildman–Crippen LogP) is 4.26. The first kappa shape index (κ1) is 18.8. The minimum Gasteiger partial charge on any atom is -0.481 e. The summed E-state index contributed by atoms with van der Waals surface area (Å²) in [5.41, 5.74) is 0.277. The second-order valence-corrected chi connectivity index (χ2v) is 6.69. The second-order valence-electron chi connectivity index (χ2n) is 6.69. The summed E-state index contributed by atoms with van der Waals surface area (Å²) in [6.45, 7) is 2.06. The van der Waals surface area contributed by atoms with Gasteiger partial charge in [0.05, 0.1) is 11.5 Å². The topological polar surface area (TPSA) is 49.3 Å². The van der Waals surface area contributed by atoms with Crippen molar-refractivity contribution in [1.82, 2.24) is 5.32 Å². The lowest BCUT2D eigenvalue weighted by atomic mass is 9.85. The number of carboxylic acids is 1. The predicted molar refractivity (Wildman–Crippen MR) is 85.7 cm³/mol. The molecule has 1 aliphatic carbocycles. The molecule has 0 bridgehead atoms. The summed E-state index contributed by atoms with van der Waals surface area (Å²) in [5, 5.41) is 12.5. The van der Waals surface area contributed by atoms with Crippen LogP contribution in [-0.2, 0) is 17.4 Å². The largest absolute Gasteiger partial charge is 0.481 e. The average molecular weight is 343 g/mol. The van der Waals surface area contributed by atoms with Crippen LogP contribution in [0.25, 0.3) is 0 Å². The Morgan fingerprint density at radius 3 is 2.29 bits per heavy atom. The number of hydrogen-bond donors (Lipinski definition) is 2. The van der Waals surface area contributed by atoms with Crippen molar-refractivity contribution >= 4 is 5.97 Å². The molecule has 0 heterocycles. The number of benzene rings is 1. The van der Waals surface area contributed by atoms with Crippen LogP contribution in [0.15, 0.2) is 24.3 Å². The van der Waals surface area contributed by atoms with Gasteiger partial charge < -0.3 is 10.4 Å². The number of carboxylic acid groups (broad SMARTS) is 1. The number of rotatable bonds is 6. The summed E-state index contributed by atoms with van der Waals surface area (Å²) in [7, 11) is 0. The van der Waals surface area contributed by atoms with Gasteiger partial charge in [-0.25, -0.2) is 0 Å². The molecule has 2 N–H and O–H groups in total. The number of aliphatic carboxylic acids is 1. The van der Waals surface area contributed by atoms with Crippen LogP contribution in [0.2, 0.25) is 0 Å². The Labute approximate surface area is 140 Å². The van der Waals surface area contributed by atoms with E-state index in [4.69, 9.17) is 5.11 Å². The maximum absolute atomic E-state index is 12.5. The van der Waals surface area contributed by atoms with Crippen molar-refractivity contribution in [3.63, 3.8) is 0 Å². The number of hydrogen-bond acceptors (Lipinski definition) is 2. The molecule has 1 unspecified atom stereocenters. The summed E-state index contributed by atoms with van der Waals surface area (Å²) in [5.74, 6) is -0.922. The normalized spacial score (nSPS) is 23.0. The SMILES string of the molecule is CC(CCc1ccc(C(F)(F)F)cc1)NC1CCC(C(=O)O)CC1. The molecule has 1 aromatic carbocycles. The first-order chi connectivity index (χ1) is 11.3. The van der Waals surface area contributed by atoms with Gasteiger partial charge in [0.2, 0.25) is 0 Å². The Balaban J connectivity index is 1.73. The van der Waals surface area contributed by atoms with E-state index in [1.165, 1.54) is 12.1 Å². The third kappa shape index (κ3) is 5.51. The van der Waals surface area contributed by atoms with Gasteiger partial charge in [-0.15, -0.1) is 0 Å². The van der Waals surface area contributed by atoms with E-state index in [-0.39, 0.29) is 12.0 Å². The van der Waals surface area contributed by atoms with Gasteiger partial charge in [0.25, 0.3) is 0 Å². The molecule has 0 aliphatic heterocycles. The van der Waals surface area contributed by atoms with E-state index in [9.17, 15) is 18.0 Å². The molecule has 2 rings (SSSR count). The van der Waals surface area contributed by atoms with Gasteiger partial charge in [-0.2, -0.15) is 13.2 Å². The van der Waals surface area contributed by atoms with Crippen LogP contribution >= 0.6 is 0 Å². The molecule has 1 atom stereocenters. The number of carbonyl (C=O) groups is 1. The van der Waals surface area contributed by atoms with Crippen LogP contribution in [-0.4, -0.2) is 23.2 Å². The first-order valence-electron chi connectivity index (χ1n) is 8.40. The summed E-state index contributed by atoms with van der Waals surface area (Å²) in [6.07, 6.45) is 0.406. The van der Waals surface area contributed by atoms with Gasteiger partial charge in [-0.1, -0.05) is 12.1 Å². The highest BCUT2D eigenvalue weighted by molar-refractivity contribution is 5.70. The van der Waals surface area contributed by atoms with E-state index in [0.717, 1.165) is 43.4 Å². The molecule has 1 aromatic rings. The molecule has 6 heteroatoms. The average Bonchev–Trinajstić information content (AvgIpc) is 2.53. The molecule has 1 aliphatic rings. The summed E-state index contributed by atoms with van der Waals surface area (Å²) < 4.78 is 37.6. The Bertz CT molecular complexity index is 534. The molecule has 134 valence electrons. The zero-order valence-electron chi connectivity index (χ0n) is 13.8. The van der Waals surface area contributed by atoms with Crippen molar-refractivity contribution in [2.75, 3.05) is 0 Å². The fourth-order valence-corrected chi connectivity index (χ4v) is 3.24. The molecule has 3 nitrogen and oxygen atoms in total. The van der Waals surface area contributed by atoms with Crippen molar-refractivity contribution in [2.45, 2.75) is 63.7 Å². The van der Waals surface area contributed by atoms with Crippen molar-refractivity contribution in [3.05, 3.63) is 35.4 Å². The summed E-state index contributed by atoms with van der Waals surface area (Å²) in [6, 6.07) is 5.91. The van der Waals surface area contributed by atoms with Crippen LogP contribution < -0.4 is 5.32 Å². The van der Waals surface area contributed by atoms with Crippen LogP contribution in [0.5, 0.6) is 0 Å². The zero-order valence-corrected chi connectivity index (χ0v) is 13.8. The highest BCUT2D eigenvalue weighted by Gasteiger charge is 2.30. The smallest absolute Gasteiger partial charge is 0.416 e. The van der Waals surface area contributed by atoms with Gasteiger partial charge in [0.15, 0.2) is 0 Å². The molecular formula is C18H24F3NO2. The van der Waals surface area contributed by atoms with Gasteiger partial charge in [-0.05, 0) is 63.1 Å². The van der Waals surface area contributed by atoms with E-state index in [2.05, 4.69) is 12.2 Å². The third-order valence-electron chi connectivity index (χ3n) is 4.74. The van der Waals surface area contributed by atoms with Gasteiger partial charge in [0, 0.05) is 12.1 Å². The Kier molecular flexibility index (Phi) is 6.27. The Hall–Kier alpha value is -1.56. The highest BCUT2D eigenvalue weighted by atomic mass is 19.4. The second kappa shape index (κ2) is 8.01. The van der Waals surface area contributed by atoms with Crippen molar-refractivity contribution in [2.24, 2.45) is 5.92 Å². The van der Waals surface area contributed by atoms with Crippen molar-refractivity contribution in [3.8, 4) is 0 Å². The molecule has 0 spiro atoms. The number of nitrogens with one attached hydrogen (secondary N) is 1. The van der Waals surface area contributed by atoms with E-state index in [1.54, 1.807) is 0 Å². The quantitative estimate of drug-likeness (QED) is 0.811.